The van der Waals surface area contributed by atoms with Gasteiger partial charge >= 0.3 is 5.97 Å². The van der Waals surface area contributed by atoms with Gasteiger partial charge in [-0.1, -0.05) is 4.49 Å². The lowest BCUT2D eigenvalue weighted by molar-refractivity contribution is -0.143. The van der Waals surface area contributed by atoms with E-state index in [1.165, 1.54) is 4.90 Å². The van der Waals surface area contributed by atoms with Crippen LogP contribution in [0, 0.1) is 6.92 Å². The highest BCUT2D eigenvalue weighted by molar-refractivity contribution is 7.07. The number of carbonyl (C=O) groups is 2. The Labute approximate surface area is 102 Å². The number of aliphatic carboxylic acids is 1. The van der Waals surface area contributed by atoms with Crippen LogP contribution in [-0.2, 0) is 4.79 Å². The van der Waals surface area contributed by atoms with Crippen molar-refractivity contribution in [1.29, 1.82) is 0 Å². The summed E-state index contributed by atoms with van der Waals surface area (Å²) < 4.78 is 3.70. The third-order valence-electron chi connectivity index (χ3n) is 2.89. The first kappa shape index (κ1) is 12.0. The average Bonchev–Trinajstić information content (AvgIpc) is 2.74. The van der Waals surface area contributed by atoms with Crippen molar-refractivity contribution < 1.29 is 14.7 Å². The normalized spacial score (nSPS) is 20.3. The van der Waals surface area contributed by atoms with Gasteiger partial charge in [-0.05, 0) is 37.7 Å². The van der Waals surface area contributed by atoms with Crippen molar-refractivity contribution in [2.24, 2.45) is 0 Å². The van der Waals surface area contributed by atoms with E-state index in [0.717, 1.165) is 24.4 Å². The van der Waals surface area contributed by atoms with Gasteiger partial charge in [0.05, 0.1) is 5.69 Å². The summed E-state index contributed by atoms with van der Waals surface area (Å²) in [6.45, 7) is 2.20. The Kier molecular flexibility index (Phi) is 3.37. The Bertz CT molecular complexity index is 446. The second-order valence-electron chi connectivity index (χ2n) is 4.04. The smallest absolute Gasteiger partial charge is 0.326 e. The number of likely N-dealkylation sites (tertiary alicyclic amines) is 1. The molecule has 1 fully saturated rings. The van der Waals surface area contributed by atoms with Gasteiger partial charge in [0.1, 0.15) is 10.9 Å². The fourth-order valence-electron chi connectivity index (χ4n) is 1.99. The van der Waals surface area contributed by atoms with Crippen molar-refractivity contribution in [3.05, 3.63) is 10.6 Å². The minimum Gasteiger partial charge on any atom is -0.480 e. The van der Waals surface area contributed by atoms with Crippen LogP contribution in [0.25, 0.3) is 0 Å². The zero-order valence-electron chi connectivity index (χ0n) is 9.42. The molecule has 1 aliphatic rings. The first-order valence-corrected chi connectivity index (χ1v) is 6.21. The van der Waals surface area contributed by atoms with E-state index in [9.17, 15) is 9.59 Å². The number of rotatable bonds is 2. The topological polar surface area (TPSA) is 83.4 Å². The second kappa shape index (κ2) is 4.79. The highest BCUT2D eigenvalue weighted by atomic mass is 32.1. The van der Waals surface area contributed by atoms with Crippen LogP contribution in [0.15, 0.2) is 0 Å². The molecule has 0 aromatic carbocycles. The number of hydrogen-bond donors (Lipinski definition) is 1. The van der Waals surface area contributed by atoms with Crippen molar-refractivity contribution in [3.63, 3.8) is 0 Å². The van der Waals surface area contributed by atoms with Crippen LogP contribution in [0.5, 0.6) is 0 Å². The summed E-state index contributed by atoms with van der Waals surface area (Å²) in [5.41, 5.74) is 0.565. The van der Waals surface area contributed by atoms with Gasteiger partial charge in [-0.25, -0.2) is 4.79 Å². The van der Waals surface area contributed by atoms with Crippen LogP contribution in [-0.4, -0.2) is 44.1 Å². The van der Waals surface area contributed by atoms with Crippen LogP contribution in [0.2, 0.25) is 0 Å². The average molecular weight is 255 g/mol. The van der Waals surface area contributed by atoms with Gasteiger partial charge < -0.3 is 10.0 Å². The lowest BCUT2D eigenvalue weighted by Crippen LogP contribution is -2.47. The van der Waals surface area contributed by atoms with Crippen molar-refractivity contribution in [3.8, 4) is 0 Å². The summed E-state index contributed by atoms with van der Waals surface area (Å²) in [5, 5.41) is 12.9. The number of aromatic nitrogens is 2. The second-order valence-corrected chi connectivity index (χ2v) is 4.79. The molecule has 0 spiro atoms. The first-order chi connectivity index (χ1) is 8.11. The van der Waals surface area contributed by atoms with Crippen molar-refractivity contribution in [1.82, 2.24) is 14.5 Å². The molecular weight excluding hydrogens is 242 g/mol. The minimum atomic E-state index is -0.937. The van der Waals surface area contributed by atoms with Gasteiger partial charge in [0.25, 0.3) is 5.91 Å². The number of carboxylic acid groups (broad SMARTS) is 1. The zero-order chi connectivity index (χ0) is 12.4. The Morgan fingerprint density at radius 3 is 2.82 bits per heavy atom. The molecule has 0 aliphatic carbocycles. The first-order valence-electron chi connectivity index (χ1n) is 5.44. The molecule has 0 bridgehead atoms. The maximum atomic E-state index is 12.2. The lowest BCUT2D eigenvalue weighted by atomic mass is 10.0. The summed E-state index contributed by atoms with van der Waals surface area (Å²) in [6.07, 6.45) is 2.22. The van der Waals surface area contributed by atoms with Crippen LogP contribution in [0.3, 0.4) is 0 Å². The molecule has 0 radical (unpaired) electrons. The third kappa shape index (κ3) is 2.28. The number of amides is 1. The molecule has 6 nitrogen and oxygen atoms in total. The monoisotopic (exact) mass is 255 g/mol. The van der Waals surface area contributed by atoms with Crippen LogP contribution >= 0.6 is 11.5 Å². The van der Waals surface area contributed by atoms with Crippen molar-refractivity contribution in [2.45, 2.75) is 32.2 Å². The maximum Gasteiger partial charge on any atom is 0.326 e. The van der Waals surface area contributed by atoms with E-state index in [2.05, 4.69) is 9.59 Å². The number of hydrogen-bond acceptors (Lipinski definition) is 5. The highest BCUT2D eigenvalue weighted by Gasteiger charge is 2.33. The molecule has 2 rings (SSSR count). The van der Waals surface area contributed by atoms with E-state index >= 15 is 0 Å². The Morgan fingerprint density at radius 2 is 2.24 bits per heavy atom. The predicted molar refractivity (Wildman–Crippen MR) is 61.0 cm³/mol. The molecule has 1 saturated heterocycles. The lowest BCUT2D eigenvalue weighted by Gasteiger charge is -2.32. The largest absolute Gasteiger partial charge is 0.480 e. The molecule has 1 atom stereocenters. The van der Waals surface area contributed by atoms with Crippen molar-refractivity contribution >= 4 is 23.4 Å². The molecule has 92 valence electrons. The molecule has 7 heteroatoms. The summed E-state index contributed by atoms with van der Waals surface area (Å²) >= 11 is 1.02. The Morgan fingerprint density at radius 1 is 1.47 bits per heavy atom. The zero-order valence-corrected chi connectivity index (χ0v) is 10.2. The Hall–Kier alpha value is -1.50. The van der Waals surface area contributed by atoms with Crippen molar-refractivity contribution in [2.75, 3.05) is 6.54 Å². The van der Waals surface area contributed by atoms with Crippen LogP contribution < -0.4 is 0 Å². The van der Waals surface area contributed by atoms with Gasteiger partial charge in [0, 0.05) is 6.54 Å². The molecule has 17 heavy (non-hydrogen) atoms. The molecule has 1 aromatic rings. The maximum absolute atomic E-state index is 12.2. The van der Waals surface area contributed by atoms with E-state index in [4.69, 9.17) is 5.11 Å². The van der Waals surface area contributed by atoms with Gasteiger partial charge in [0.2, 0.25) is 0 Å². The quantitative estimate of drug-likeness (QED) is 0.849. The molecule has 0 saturated carbocycles. The fourth-order valence-corrected chi connectivity index (χ4v) is 2.60. The van der Waals surface area contributed by atoms with E-state index in [1.807, 2.05) is 0 Å². The van der Waals surface area contributed by atoms with E-state index < -0.39 is 12.0 Å². The van der Waals surface area contributed by atoms with Crippen LogP contribution in [0.4, 0.5) is 0 Å². The Balaban J connectivity index is 2.23. The molecular formula is C10H13N3O3S. The highest BCUT2D eigenvalue weighted by Crippen LogP contribution is 2.22. The van der Waals surface area contributed by atoms with Crippen LogP contribution in [0.1, 0.15) is 34.6 Å². The summed E-state index contributed by atoms with van der Waals surface area (Å²) in [6, 6.07) is -0.710. The molecule has 1 amide bonds. The number of piperidine rings is 1. The fraction of sp³-hybridized carbons (Fsp3) is 0.600. The molecule has 1 aromatic heterocycles. The summed E-state index contributed by atoms with van der Waals surface area (Å²) in [7, 11) is 0. The molecule has 1 N–H and O–H groups in total. The minimum absolute atomic E-state index is 0.260. The summed E-state index contributed by atoms with van der Waals surface area (Å²) in [5.74, 6) is -1.20. The number of carbonyl (C=O) groups excluding carboxylic acids is 1. The van der Waals surface area contributed by atoms with Gasteiger partial charge in [0.15, 0.2) is 0 Å². The SMILES string of the molecule is Cc1nnsc1C(=O)N1CCCC[C@H]1C(=O)O. The summed E-state index contributed by atoms with van der Waals surface area (Å²) in [4.78, 5) is 25.2. The number of nitrogens with zero attached hydrogens (tertiary/aromatic N) is 3. The van der Waals surface area contributed by atoms with Gasteiger partial charge in [-0.15, -0.1) is 5.10 Å². The van der Waals surface area contributed by atoms with Gasteiger partial charge in [-0.2, -0.15) is 0 Å². The van der Waals surface area contributed by atoms with E-state index in [0.29, 0.717) is 23.5 Å². The molecule has 1 aliphatic heterocycles. The predicted octanol–water partition coefficient (Wildman–Crippen LogP) is 0.926. The number of aryl methyl sites for hydroxylation is 1. The van der Waals surface area contributed by atoms with Gasteiger partial charge in [-0.3, -0.25) is 4.79 Å². The standard InChI is InChI=1S/C10H13N3O3S/c1-6-8(17-12-11-6)9(14)13-5-3-2-4-7(13)10(15)16/h7H,2-5H2,1H3,(H,15,16)/t7-/m0/s1. The third-order valence-corrected chi connectivity index (χ3v) is 3.71. The molecule has 2 heterocycles. The number of carboxylic acids is 1. The van der Waals surface area contributed by atoms with E-state index in [1.54, 1.807) is 6.92 Å². The van der Waals surface area contributed by atoms with E-state index in [-0.39, 0.29) is 5.91 Å². The molecule has 0 unspecified atom stereocenters.